The van der Waals surface area contributed by atoms with Crippen LogP contribution in [0.4, 0.5) is 0 Å². The molecule has 2 rings (SSSR count). The van der Waals surface area contributed by atoms with Gasteiger partial charge in [-0.3, -0.25) is 4.79 Å². The minimum Gasteiger partial charge on any atom is -0.481 e. The van der Waals surface area contributed by atoms with Gasteiger partial charge in [-0.05, 0) is 38.6 Å². The topological polar surface area (TPSA) is 40.5 Å². The van der Waals surface area contributed by atoms with Gasteiger partial charge in [-0.15, -0.1) is 0 Å². The molecule has 2 aliphatic rings. The maximum Gasteiger partial charge on any atom is 0.310 e. The van der Waals surface area contributed by atoms with Gasteiger partial charge in [-0.1, -0.05) is 38.5 Å². The number of rotatable bonds is 5. The van der Waals surface area contributed by atoms with E-state index in [1.54, 1.807) is 0 Å². The van der Waals surface area contributed by atoms with Gasteiger partial charge in [0.1, 0.15) is 0 Å². The van der Waals surface area contributed by atoms with Crippen LogP contribution >= 0.6 is 0 Å². The first kappa shape index (κ1) is 14.8. The summed E-state index contributed by atoms with van der Waals surface area (Å²) in [6.45, 7) is 1.84. The third-order valence-corrected chi connectivity index (χ3v) is 5.13. The highest BCUT2D eigenvalue weighted by molar-refractivity contribution is 5.75. The first-order valence-corrected chi connectivity index (χ1v) is 8.04. The standard InChI is InChI=1S/C16H29NO2/c1-17(12-14-8-4-5-9-14)13-16(15(18)19)10-6-2-3-7-11-16/h14H,2-13H2,1H3,(H,18,19). The minimum atomic E-state index is -0.562. The third-order valence-electron chi connectivity index (χ3n) is 5.13. The molecule has 0 aromatic carbocycles. The summed E-state index contributed by atoms with van der Waals surface area (Å²) in [5.41, 5.74) is -0.468. The molecule has 0 aliphatic heterocycles. The molecule has 0 unspecified atom stereocenters. The molecule has 19 heavy (non-hydrogen) atoms. The molecular formula is C16H29NO2. The lowest BCUT2D eigenvalue weighted by atomic mass is 9.80. The van der Waals surface area contributed by atoms with Gasteiger partial charge in [0.05, 0.1) is 5.41 Å². The Kier molecular flexibility index (Phi) is 5.26. The zero-order chi connectivity index (χ0) is 13.7. The number of aliphatic carboxylic acids is 1. The van der Waals surface area contributed by atoms with Crippen molar-refractivity contribution in [3.8, 4) is 0 Å². The predicted octanol–water partition coefficient (Wildman–Crippen LogP) is 3.53. The smallest absolute Gasteiger partial charge is 0.310 e. The van der Waals surface area contributed by atoms with Crippen LogP contribution in [0.3, 0.4) is 0 Å². The van der Waals surface area contributed by atoms with Crippen molar-refractivity contribution in [3.63, 3.8) is 0 Å². The number of hydrogen-bond donors (Lipinski definition) is 1. The summed E-state index contributed by atoms with van der Waals surface area (Å²) >= 11 is 0. The van der Waals surface area contributed by atoms with Crippen molar-refractivity contribution in [2.24, 2.45) is 11.3 Å². The Morgan fingerprint density at radius 1 is 1.11 bits per heavy atom. The summed E-state index contributed by atoms with van der Waals surface area (Å²) < 4.78 is 0. The number of carbonyl (C=O) groups is 1. The first-order chi connectivity index (χ1) is 9.12. The average Bonchev–Trinajstić information content (AvgIpc) is 2.73. The summed E-state index contributed by atoms with van der Waals surface area (Å²) in [6, 6.07) is 0. The van der Waals surface area contributed by atoms with Gasteiger partial charge >= 0.3 is 5.97 Å². The Bertz CT molecular complexity index is 289. The largest absolute Gasteiger partial charge is 0.481 e. The molecule has 2 saturated carbocycles. The maximum absolute atomic E-state index is 11.8. The second-order valence-corrected chi connectivity index (χ2v) is 6.85. The average molecular weight is 267 g/mol. The fourth-order valence-corrected chi connectivity index (χ4v) is 4.06. The third kappa shape index (κ3) is 3.95. The minimum absolute atomic E-state index is 0.468. The number of nitrogens with zero attached hydrogens (tertiary/aromatic N) is 1. The fourth-order valence-electron chi connectivity index (χ4n) is 4.06. The molecule has 0 aromatic rings. The Morgan fingerprint density at radius 2 is 1.68 bits per heavy atom. The molecule has 2 fully saturated rings. The van der Waals surface area contributed by atoms with Gasteiger partial charge in [0, 0.05) is 13.1 Å². The summed E-state index contributed by atoms with van der Waals surface area (Å²) in [5.74, 6) is 0.245. The van der Waals surface area contributed by atoms with Crippen molar-refractivity contribution in [1.82, 2.24) is 4.90 Å². The number of hydrogen-bond acceptors (Lipinski definition) is 2. The van der Waals surface area contributed by atoms with Crippen LogP contribution in [0.5, 0.6) is 0 Å². The SMILES string of the molecule is CN(CC1CCCC1)CC1(C(=O)O)CCCCCC1. The van der Waals surface area contributed by atoms with Crippen molar-refractivity contribution in [1.29, 1.82) is 0 Å². The molecule has 0 radical (unpaired) electrons. The predicted molar refractivity (Wildman–Crippen MR) is 77.2 cm³/mol. The van der Waals surface area contributed by atoms with E-state index in [2.05, 4.69) is 11.9 Å². The van der Waals surface area contributed by atoms with Crippen molar-refractivity contribution in [3.05, 3.63) is 0 Å². The molecule has 2 aliphatic carbocycles. The molecule has 3 nitrogen and oxygen atoms in total. The molecule has 110 valence electrons. The number of carboxylic acid groups (broad SMARTS) is 1. The molecule has 0 heterocycles. The molecule has 0 saturated heterocycles. The highest BCUT2D eigenvalue weighted by Gasteiger charge is 2.39. The Hall–Kier alpha value is -0.570. The summed E-state index contributed by atoms with van der Waals surface area (Å²) in [7, 11) is 2.12. The Balaban J connectivity index is 1.92. The van der Waals surface area contributed by atoms with E-state index in [4.69, 9.17) is 0 Å². The summed E-state index contributed by atoms with van der Waals surface area (Å²) in [6.07, 6.45) is 11.7. The van der Waals surface area contributed by atoms with Crippen LogP contribution in [0.25, 0.3) is 0 Å². The van der Waals surface area contributed by atoms with Crippen molar-refractivity contribution in [2.45, 2.75) is 64.2 Å². The van der Waals surface area contributed by atoms with Crippen LogP contribution in [0.1, 0.15) is 64.2 Å². The molecule has 0 aromatic heterocycles. The van der Waals surface area contributed by atoms with E-state index in [1.807, 2.05) is 0 Å². The molecule has 1 N–H and O–H groups in total. The summed E-state index contributed by atoms with van der Waals surface area (Å²) in [5, 5.41) is 9.70. The maximum atomic E-state index is 11.8. The van der Waals surface area contributed by atoms with Crippen molar-refractivity contribution >= 4 is 5.97 Å². The molecule has 0 spiro atoms. The van der Waals surface area contributed by atoms with E-state index in [0.717, 1.165) is 44.7 Å². The number of carboxylic acids is 1. The van der Waals surface area contributed by atoms with Crippen LogP contribution in [0.15, 0.2) is 0 Å². The lowest BCUT2D eigenvalue weighted by Crippen LogP contribution is -2.42. The van der Waals surface area contributed by atoms with E-state index in [-0.39, 0.29) is 0 Å². The highest BCUT2D eigenvalue weighted by atomic mass is 16.4. The van der Waals surface area contributed by atoms with Gasteiger partial charge in [-0.25, -0.2) is 0 Å². The Labute approximate surface area is 117 Å². The van der Waals surface area contributed by atoms with E-state index < -0.39 is 11.4 Å². The lowest BCUT2D eigenvalue weighted by Gasteiger charge is -2.33. The quantitative estimate of drug-likeness (QED) is 0.775. The molecule has 0 atom stereocenters. The summed E-state index contributed by atoms with van der Waals surface area (Å²) in [4.78, 5) is 14.1. The molecule has 0 bridgehead atoms. The van der Waals surface area contributed by atoms with E-state index >= 15 is 0 Å². The first-order valence-electron chi connectivity index (χ1n) is 8.04. The van der Waals surface area contributed by atoms with Crippen LogP contribution in [-0.2, 0) is 4.79 Å². The van der Waals surface area contributed by atoms with Crippen molar-refractivity contribution < 1.29 is 9.90 Å². The van der Waals surface area contributed by atoms with Gasteiger partial charge in [0.15, 0.2) is 0 Å². The van der Waals surface area contributed by atoms with Crippen LogP contribution in [0, 0.1) is 11.3 Å². The van der Waals surface area contributed by atoms with Crippen LogP contribution < -0.4 is 0 Å². The van der Waals surface area contributed by atoms with E-state index in [9.17, 15) is 9.90 Å². The van der Waals surface area contributed by atoms with Gasteiger partial charge in [0.2, 0.25) is 0 Å². The monoisotopic (exact) mass is 267 g/mol. The van der Waals surface area contributed by atoms with Gasteiger partial charge in [0.25, 0.3) is 0 Å². The lowest BCUT2D eigenvalue weighted by molar-refractivity contribution is -0.151. The fraction of sp³-hybridized carbons (Fsp3) is 0.938. The van der Waals surface area contributed by atoms with Gasteiger partial charge in [-0.2, -0.15) is 0 Å². The normalized spacial score (nSPS) is 24.5. The molecule has 0 amide bonds. The zero-order valence-corrected chi connectivity index (χ0v) is 12.4. The highest BCUT2D eigenvalue weighted by Crippen LogP contribution is 2.36. The van der Waals surface area contributed by atoms with E-state index in [1.165, 1.54) is 38.5 Å². The van der Waals surface area contributed by atoms with E-state index in [0.29, 0.717) is 0 Å². The van der Waals surface area contributed by atoms with Crippen LogP contribution in [0.2, 0.25) is 0 Å². The van der Waals surface area contributed by atoms with Crippen molar-refractivity contribution in [2.75, 3.05) is 20.1 Å². The van der Waals surface area contributed by atoms with Gasteiger partial charge < -0.3 is 10.0 Å². The Morgan fingerprint density at radius 3 is 2.21 bits per heavy atom. The second-order valence-electron chi connectivity index (χ2n) is 6.85. The second kappa shape index (κ2) is 6.74. The van der Waals surface area contributed by atoms with Crippen LogP contribution in [-0.4, -0.2) is 36.1 Å². The molecular weight excluding hydrogens is 238 g/mol. The zero-order valence-electron chi connectivity index (χ0n) is 12.4. The molecule has 3 heteroatoms.